The number of carboxylic acids is 1. The minimum absolute atomic E-state index is 0.0252. The zero-order chi connectivity index (χ0) is 24.0. The predicted molar refractivity (Wildman–Crippen MR) is 123 cm³/mol. The molecule has 3 rings (SSSR count). The molecule has 0 fully saturated rings. The molecule has 0 aromatic heterocycles. The summed E-state index contributed by atoms with van der Waals surface area (Å²) in [5.74, 6) is -1.50. The zero-order valence-electron chi connectivity index (χ0n) is 18.8. The number of nitrogens with one attached hydrogen (secondary N) is 2. The summed E-state index contributed by atoms with van der Waals surface area (Å²) in [5, 5.41) is 24.0. The molecule has 0 saturated carbocycles. The molecule has 0 heterocycles. The quantitative estimate of drug-likeness (QED) is 0.437. The number of benzene rings is 2. The van der Waals surface area contributed by atoms with Gasteiger partial charge in [-0.2, -0.15) is 0 Å². The molecule has 0 radical (unpaired) electrons. The highest BCUT2D eigenvalue weighted by molar-refractivity contribution is 5.79. The minimum Gasteiger partial charge on any atom is -0.481 e. The van der Waals surface area contributed by atoms with Crippen molar-refractivity contribution in [3.8, 4) is 11.1 Å². The van der Waals surface area contributed by atoms with Gasteiger partial charge in [-0.1, -0.05) is 48.5 Å². The number of ether oxygens (including phenoxy) is 1. The number of carbonyl (C=O) groups is 3. The molecule has 0 saturated heterocycles. The number of carboxylic acid groups (broad SMARTS) is 1. The third-order valence-corrected chi connectivity index (χ3v) is 5.71. The normalized spacial score (nSPS) is 15.0. The average Bonchev–Trinajstić information content (AvgIpc) is 3.08. The molecule has 2 amide bonds. The SMILES string of the molecule is CC(CCC(=O)NCC(C)(O)CC(=O)O)NC(=O)OCC1c2ccccc2-c2ccccc21. The Kier molecular flexibility index (Phi) is 7.71. The lowest BCUT2D eigenvalue weighted by Crippen LogP contribution is -2.42. The summed E-state index contributed by atoms with van der Waals surface area (Å²) in [6.45, 7) is 3.18. The van der Waals surface area contributed by atoms with Gasteiger partial charge in [-0.15, -0.1) is 0 Å². The highest BCUT2D eigenvalue weighted by Crippen LogP contribution is 2.44. The summed E-state index contributed by atoms with van der Waals surface area (Å²) in [6.07, 6.45) is -0.521. The van der Waals surface area contributed by atoms with Crippen molar-refractivity contribution >= 4 is 18.0 Å². The maximum absolute atomic E-state index is 12.3. The molecule has 1 aliphatic rings. The van der Waals surface area contributed by atoms with E-state index < -0.39 is 24.1 Å². The van der Waals surface area contributed by atoms with Crippen LogP contribution in [0.3, 0.4) is 0 Å². The van der Waals surface area contributed by atoms with Crippen molar-refractivity contribution in [2.75, 3.05) is 13.2 Å². The van der Waals surface area contributed by atoms with Gasteiger partial charge in [-0.25, -0.2) is 4.79 Å². The fourth-order valence-corrected chi connectivity index (χ4v) is 4.03. The van der Waals surface area contributed by atoms with Crippen LogP contribution in [0, 0.1) is 0 Å². The molecule has 8 nitrogen and oxygen atoms in total. The number of rotatable bonds is 10. The van der Waals surface area contributed by atoms with E-state index in [0.29, 0.717) is 6.42 Å². The summed E-state index contributed by atoms with van der Waals surface area (Å²) in [5.41, 5.74) is 3.06. The molecular formula is C25H30N2O6. The molecule has 176 valence electrons. The Morgan fingerprint density at radius 1 is 1.06 bits per heavy atom. The van der Waals surface area contributed by atoms with E-state index in [1.165, 1.54) is 6.92 Å². The van der Waals surface area contributed by atoms with Gasteiger partial charge in [0.25, 0.3) is 0 Å². The van der Waals surface area contributed by atoms with Crippen molar-refractivity contribution in [1.29, 1.82) is 0 Å². The topological polar surface area (TPSA) is 125 Å². The van der Waals surface area contributed by atoms with Crippen LogP contribution < -0.4 is 10.6 Å². The molecule has 2 atom stereocenters. The number of hydrogen-bond donors (Lipinski definition) is 4. The van der Waals surface area contributed by atoms with Crippen molar-refractivity contribution in [3.05, 3.63) is 59.7 Å². The van der Waals surface area contributed by atoms with E-state index in [0.717, 1.165) is 22.3 Å². The van der Waals surface area contributed by atoms with Gasteiger partial charge in [-0.05, 0) is 42.5 Å². The molecular weight excluding hydrogens is 424 g/mol. The van der Waals surface area contributed by atoms with Crippen molar-refractivity contribution in [1.82, 2.24) is 10.6 Å². The van der Waals surface area contributed by atoms with E-state index in [9.17, 15) is 19.5 Å². The van der Waals surface area contributed by atoms with Crippen LogP contribution in [0.2, 0.25) is 0 Å². The Morgan fingerprint density at radius 2 is 1.64 bits per heavy atom. The molecule has 4 N–H and O–H groups in total. The van der Waals surface area contributed by atoms with Crippen LogP contribution in [0.4, 0.5) is 4.79 Å². The maximum atomic E-state index is 12.3. The minimum atomic E-state index is -1.52. The van der Waals surface area contributed by atoms with Crippen LogP contribution in [0.25, 0.3) is 11.1 Å². The number of aliphatic carboxylic acids is 1. The highest BCUT2D eigenvalue weighted by atomic mass is 16.5. The van der Waals surface area contributed by atoms with Crippen LogP contribution in [-0.2, 0) is 14.3 Å². The zero-order valence-corrected chi connectivity index (χ0v) is 18.8. The molecule has 2 unspecified atom stereocenters. The number of aliphatic hydroxyl groups is 1. The van der Waals surface area contributed by atoms with Gasteiger partial charge in [0.05, 0.1) is 12.0 Å². The smallest absolute Gasteiger partial charge is 0.407 e. The standard InChI is InChI=1S/C25H30N2O6/c1-16(11-12-22(28)26-15-25(2,32)13-23(29)30)27-24(31)33-14-21-19-9-5-3-7-17(19)18-8-4-6-10-20(18)21/h3-10,16,21,32H,11-15H2,1-2H3,(H,26,28)(H,27,31)(H,29,30). The first-order valence-electron chi connectivity index (χ1n) is 11.0. The Hall–Kier alpha value is -3.39. The summed E-state index contributed by atoms with van der Waals surface area (Å²) < 4.78 is 5.51. The van der Waals surface area contributed by atoms with Gasteiger partial charge in [0, 0.05) is 24.9 Å². The van der Waals surface area contributed by atoms with E-state index in [1.807, 2.05) is 24.3 Å². The summed E-state index contributed by atoms with van der Waals surface area (Å²) in [4.78, 5) is 35.0. The molecule has 0 bridgehead atoms. The van der Waals surface area contributed by atoms with Crippen LogP contribution in [-0.4, -0.2) is 53.0 Å². The van der Waals surface area contributed by atoms with Gasteiger partial charge < -0.3 is 25.6 Å². The fraction of sp³-hybridized carbons (Fsp3) is 0.400. The first kappa shape index (κ1) is 24.3. The Morgan fingerprint density at radius 3 is 2.21 bits per heavy atom. The van der Waals surface area contributed by atoms with Crippen molar-refractivity contribution in [2.45, 2.75) is 50.7 Å². The molecule has 2 aromatic rings. The van der Waals surface area contributed by atoms with Crippen molar-refractivity contribution in [2.24, 2.45) is 0 Å². The number of carbonyl (C=O) groups excluding carboxylic acids is 2. The molecule has 2 aromatic carbocycles. The first-order chi connectivity index (χ1) is 15.7. The fourth-order valence-electron chi connectivity index (χ4n) is 4.03. The average molecular weight is 455 g/mol. The van der Waals surface area contributed by atoms with E-state index in [1.54, 1.807) is 6.92 Å². The second-order valence-electron chi connectivity index (χ2n) is 8.75. The lowest BCUT2D eigenvalue weighted by Gasteiger charge is -2.21. The number of fused-ring (bicyclic) bond motifs is 3. The van der Waals surface area contributed by atoms with Crippen molar-refractivity contribution < 1.29 is 29.3 Å². The Balaban J connectivity index is 1.43. The summed E-state index contributed by atoms with van der Waals surface area (Å²) in [7, 11) is 0. The van der Waals surface area contributed by atoms with Gasteiger partial charge >= 0.3 is 12.1 Å². The lowest BCUT2D eigenvalue weighted by atomic mass is 9.98. The van der Waals surface area contributed by atoms with E-state index in [-0.39, 0.29) is 37.4 Å². The van der Waals surface area contributed by atoms with E-state index in [2.05, 4.69) is 34.9 Å². The predicted octanol–water partition coefficient (Wildman–Crippen LogP) is 3.04. The van der Waals surface area contributed by atoms with E-state index in [4.69, 9.17) is 9.84 Å². The second kappa shape index (κ2) is 10.5. The third kappa shape index (κ3) is 6.55. The molecule has 0 spiro atoms. The first-order valence-corrected chi connectivity index (χ1v) is 11.0. The lowest BCUT2D eigenvalue weighted by molar-refractivity contribution is -0.142. The number of amides is 2. The van der Waals surface area contributed by atoms with Gasteiger partial charge in [0.15, 0.2) is 0 Å². The van der Waals surface area contributed by atoms with Gasteiger partial charge in [0.2, 0.25) is 5.91 Å². The molecule has 8 heteroatoms. The van der Waals surface area contributed by atoms with Crippen LogP contribution in [0.5, 0.6) is 0 Å². The van der Waals surface area contributed by atoms with Crippen LogP contribution >= 0.6 is 0 Å². The van der Waals surface area contributed by atoms with Crippen LogP contribution in [0.15, 0.2) is 48.5 Å². The number of hydrogen-bond acceptors (Lipinski definition) is 5. The summed E-state index contributed by atoms with van der Waals surface area (Å²) >= 11 is 0. The summed E-state index contributed by atoms with van der Waals surface area (Å²) in [6, 6.07) is 15.9. The third-order valence-electron chi connectivity index (χ3n) is 5.71. The Bertz CT molecular complexity index is 974. The van der Waals surface area contributed by atoms with Crippen molar-refractivity contribution in [3.63, 3.8) is 0 Å². The monoisotopic (exact) mass is 454 g/mol. The maximum Gasteiger partial charge on any atom is 0.407 e. The molecule has 0 aliphatic heterocycles. The van der Waals surface area contributed by atoms with E-state index >= 15 is 0 Å². The second-order valence-corrected chi connectivity index (χ2v) is 8.75. The van der Waals surface area contributed by atoms with Gasteiger partial charge in [0.1, 0.15) is 6.61 Å². The largest absolute Gasteiger partial charge is 0.481 e. The van der Waals surface area contributed by atoms with Crippen LogP contribution in [0.1, 0.15) is 50.2 Å². The highest BCUT2D eigenvalue weighted by Gasteiger charge is 2.29. The molecule has 33 heavy (non-hydrogen) atoms. The van der Waals surface area contributed by atoms with Gasteiger partial charge in [-0.3, -0.25) is 9.59 Å². The Labute approximate surface area is 193 Å². The number of alkyl carbamates (subject to hydrolysis) is 1. The molecule has 1 aliphatic carbocycles.